The molecular weight excluding hydrogens is 286 g/mol. The zero-order chi connectivity index (χ0) is 14.8. The van der Waals surface area contributed by atoms with Crippen LogP contribution in [0.4, 0.5) is 10.8 Å². The fraction of sp³-hybridized carbons (Fsp3) is 0.0714. The van der Waals surface area contributed by atoms with Crippen molar-refractivity contribution in [2.75, 3.05) is 11.1 Å². The Hall–Kier alpha value is -2.67. The van der Waals surface area contributed by atoms with Crippen molar-refractivity contribution in [3.05, 3.63) is 53.3 Å². The molecule has 106 valence electrons. The molecule has 3 rings (SSSR count). The molecule has 0 fully saturated rings. The lowest BCUT2D eigenvalue weighted by Gasteiger charge is -2.01. The monoisotopic (exact) mass is 299 g/mol. The number of amides is 1. The predicted molar refractivity (Wildman–Crippen MR) is 82.8 cm³/mol. The van der Waals surface area contributed by atoms with Crippen molar-refractivity contribution in [1.82, 2.24) is 14.8 Å². The van der Waals surface area contributed by atoms with Crippen molar-refractivity contribution in [1.29, 1.82) is 0 Å². The summed E-state index contributed by atoms with van der Waals surface area (Å²) >= 11 is 1.42. The molecule has 3 aromatic rings. The lowest BCUT2D eigenvalue weighted by molar-refractivity contribution is 0.102. The SMILES string of the molecule is Cc1cnc(NC(=O)c2ccn(-c3ccc(N)cc3)n2)s1. The van der Waals surface area contributed by atoms with Crippen LogP contribution >= 0.6 is 11.3 Å². The molecule has 0 unspecified atom stereocenters. The van der Waals surface area contributed by atoms with Gasteiger partial charge in [0.2, 0.25) is 0 Å². The van der Waals surface area contributed by atoms with E-state index in [2.05, 4.69) is 15.4 Å². The number of hydrogen-bond acceptors (Lipinski definition) is 5. The van der Waals surface area contributed by atoms with Gasteiger partial charge in [-0.25, -0.2) is 9.67 Å². The predicted octanol–water partition coefficient (Wildman–Crippen LogP) is 2.47. The summed E-state index contributed by atoms with van der Waals surface area (Å²) in [5, 5.41) is 7.55. The van der Waals surface area contributed by atoms with Gasteiger partial charge in [0.25, 0.3) is 5.91 Å². The molecule has 2 heterocycles. The molecule has 0 atom stereocenters. The van der Waals surface area contributed by atoms with Crippen molar-refractivity contribution in [3.8, 4) is 5.69 Å². The zero-order valence-corrected chi connectivity index (χ0v) is 12.1. The van der Waals surface area contributed by atoms with E-state index >= 15 is 0 Å². The number of nitrogen functional groups attached to an aromatic ring is 1. The van der Waals surface area contributed by atoms with Crippen molar-refractivity contribution < 1.29 is 4.79 Å². The van der Waals surface area contributed by atoms with E-state index in [4.69, 9.17) is 5.73 Å². The van der Waals surface area contributed by atoms with Crippen molar-refractivity contribution in [2.45, 2.75) is 6.92 Å². The van der Waals surface area contributed by atoms with Crippen molar-refractivity contribution in [2.24, 2.45) is 0 Å². The van der Waals surface area contributed by atoms with Crippen molar-refractivity contribution in [3.63, 3.8) is 0 Å². The van der Waals surface area contributed by atoms with Gasteiger partial charge in [-0.2, -0.15) is 5.10 Å². The van der Waals surface area contributed by atoms with Gasteiger partial charge in [-0.1, -0.05) is 0 Å². The highest BCUT2D eigenvalue weighted by molar-refractivity contribution is 7.15. The minimum atomic E-state index is -0.279. The summed E-state index contributed by atoms with van der Waals surface area (Å²) < 4.78 is 1.63. The molecule has 0 saturated carbocycles. The lowest BCUT2D eigenvalue weighted by Crippen LogP contribution is -2.12. The Morgan fingerprint density at radius 3 is 2.71 bits per heavy atom. The summed E-state index contributed by atoms with van der Waals surface area (Å²) in [4.78, 5) is 17.2. The largest absolute Gasteiger partial charge is 0.399 e. The molecule has 7 heteroatoms. The molecule has 0 aliphatic carbocycles. The van der Waals surface area contributed by atoms with Crippen LogP contribution in [0.3, 0.4) is 0 Å². The summed E-state index contributed by atoms with van der Waals surface area (Å²) in [6, 6.07) is 8.92. The highest BCUT2D eigenvalue weighted by Crippen LogP contribution is 2.17. The first-order valence-electron chi connectivity index (χ1n) is 6.27. The van der Waals surface area contributed by atoms with E-state index in [1.807, 2.05) is 19.1 Å². The number of benzene rings is 1. The van der Waals surface area contributed by atoms with E-state index < -0.39 is 0 Å². The molecule has 21 heavy (non-hydrogen) atoms. The van der Waals surface area contributed by atoms with E-state index in [-0.39, 0.29) is 5.91 Å². The minimum Gasteiger partial charge on any atom is -0.399 e. The molecule has 6 nitrogen and oxygen atoms in total. The number of anilines is 2. The van der Waals surface area contributed by atoms with Crippen LogP contribution < -0.4 is 11.1 Å². The molecule has 0 aliphatic rings. The number of nitrogens with zero attached hydrogens (tertiary/aromatic N) is 3. The fourth-order valence-electron chi connectivity index (χ4n) is 1.79. The highest BCUT2D eigenvalue weighted by Gasteiger charge is 2.12. The Kier molecular flexibility index (Phi) is 3.41. The maximum absolute atomic E-state index is 12.1. The molecule has 0 bridgehead atoms. The Morgan fingerprint density at radius 1 is 1.29 bits per heavy atom. The number of aromatic nitrogens is 3. The number of aryl methyl sites for hydroxylation is 1. The van der Waals surface area contributed by atoms with E-state index in [9.17, 15) is 4.79 Å². The molecule has 1 amide bonds. The van der Waals surface area contributed by atoms with Crippen molar-refractivity contribution >= 4 is 28.1 Å². The van der Waals surface area contributed by atoms with Gasteiger partial charge in [0.1, 0.15) is 0 Å². The third kappa shape index (κ3) is 2.92. The standard InChI is InChI=1S/C14H13N5OS/c1-9-8-16-14(21-9)17-13(20)12-6-7-19(18-12)11-4-2-10(15)3-5-11/h2-8H,15H2,1H3,(H,16,17,20). The second-order valence-electron chi connectivity index (χ2n) is 4.47. The number of thiazole rings is 1. The zero-order valence-electron chi connectivity index (χ0n) is 11.3. The number of nitrogens with one attached hydrogen (secondary N) is 1. The average molecular weight is 299 g/mol. The quantitative estimate of drug-likeness (QED) is 0.727. The molecule has 1 aromatic carbocycles. The molecular formula is C14H13N5OS. The van der Waals surface area contributed by atoms with E-state index in [1.54, 1.807) is 35.3 Å². The third-order valence-electron chi connectivity index (χ3n) is 2.82. The van der Waals surface area contributed by atoms with E-state index in [0.717, 1.165) is 10.6 Å². The maximum atomic E-state index is 12.1. The summed E-state index contributed by atoms with van der Waals surface area (Å²) in [5.41, 5.74) is 7.50. The Bertz CT molecular complexity index is 775. The maximum Gasteiger partial charge on any atom is 0.277 e. The number of hydrogen-bond donors (Lipinski definition) is 2. The summed E-state index contributed by atoms with van der Waals surface area (Å²) in [6.07, 6.45) is 3.45. The van der Waals surface area contributed by atoms with Gasteiger partial charge in [-0.05, 0) is 37.3 Å². The summed E-state index contributed by atoms with van der Waals surface area (Å²) in [6.45, 7) is 1.93. The Balaban J connectivity index is 1.78. The minimum absolute atomic E-state index is 0.279. The third-order valence-corrected chi connectivity index (χ3v) is 3.65. The second-order valence-corrected chi connectivity index (χ2v) is 5.70. The van der Waals surface area contributed by atoms with Gasteiger partial charge < -0.3 is 5.73 Å². The number of rotatable bonds is 3. The van der Waals surface area contributed by atoms with Gasteiger partial charge in [0.05, 0.1) is 5.69 Å². The molecule has 0 spiro atoms. The van der Waals surface area contributed by atoms with Gasteiger partial charge in [0.15, 0.2) is 10.8 Å². The normalized spacial score (nSPS) is 10.5. The van der Waals surface area contributed by atoms with Gasteiger partial charge in [-0.3, -0.25) is 10.1 Å². The smallest absolute Gasteiger partial charge is 0.277 e. The second kappa shape index (κ2) is 5.37. The first kappa shape index (κ1) is 13.3. The average Bonchev–Trinajstić information content (AvgIpc) is 3.09. The molecule has 0 aliphatic heterocycles. The van der Waals surface area contributed by atoms with Crippen LogP contribution in [0.1, 0.15) is 15.4 Å². The lowest BCUT2D eigenvalue weighted by atomic mass is 10.3. The van der Waals surface area contributed by atoms with Gasteiger partial charge in [0, 0.05) is 23.0 Å². The first-order chi connectivity index (χ1) is 10.1. The molecule has 2 aromatic heterocycles. The molecule has 3 N–H and O–H groups in total. The molecule has 0 saturated heterocycles. The van der Waals surface area contributed by atoms with Crippen LogP contribution in [-0.2, 0) is 0 Å². The Morgan fingerprint density at radius 2 is 2.05 bits per heavy atom. The topological polar surface area (TPSA) is 85.8 Å². The fourth-order valence-corrected chi connectivity index (χ4v) is 2.45. The van der Waals surface area contributed by atoms with Crippen LogP contribution in [-0.4, -0.2) is 20.7 Å². The summed E-state index contributed by atoms with van der Waals surface area (Å²) in [7, 11) is 0. The first-order valence-corrected chi connectivity index (χ1v) is 7.09. The van der Waals surface area contributed by atoms with Crippen LogP contribution in [0, 0.1) is 6.92 Å². The number of carbonyl (C=O) groups excluding carboxylic acids is 1. The highest BCUT2D eigenvalue weighted by atomic mass is 32.1. The van der Waals surface area contributed by atoms with Crippen LogP contribution in [0.5, 0.6) is 0 Å². The van der Waals surface area contributed by atoms with Crippen LogP contribution in [0.25, 0.3) is 5.69 Å². The summed E-state index contributed by atoms with van der Waals surface area (Å²) in [5.74, 6) is -0.279. The van der Waals surface area contributed by atoms with Gasteiger partial charge >= 0.3 is 0 Å². The Labute approximate surface area is 125 Å². The number of carbonyl (C=O) groups is 1. The van der Waals surface area contributed by atoms with Crippen LogP contribution in [0.2, 0.25) is 0 Å². The number of nitrogens with two attached hydrogens (primary N) is 1. The van der Waals surface area contributed by atoms with Gasteiger partial charge in [-0.15, -0.1) is 11.3 Å². The van der Waals surface area contributed by atoms with E-state index in [0.29, 0.717) is 16.5 Å². The van der Waals surface area contributed by atoms with E-state index in [1.165, 1.54) is 11.3 Å². The molecule has 0 radical (unpaired) electrons. The van der Waals surface area contributed by atoms with Crippen LogP contribution in [0.15, 0.2) is 42.7 Å².